The number of halogens is 3. The van der Waals surface area contributed by atoms with Crippen molar-refractivity contribution in [2.24, 2.45) is 15.6 Å². The predicted molar refractivity (Wildman–Crippen MR) is 136 cm³/mol. The fourth-order valence-electron chi connectivity index (χ4n) is 4.62. The van der Waals surface area contributed by atoms with Gasteiger partial charge in [0.2, 0.25) is 5.54 Å². The molecule has 198 valence electrons. The Kier molecular flexibility index (Phi) is 7.48. The molecule has 2 aromatic rings. The van der Waals surface area contributed by atoms with Crippen molar-refractivity contribution in [3.8, 4) is 0 Å². The average molecular weight is 535 g/mol. The van der Waals surface area contributed by atoms with E-state index in [9.17, 15) is 21.6 Å². The van der Waals surface area contributed by atoms with E-state index < -0.39 is 21.7 Å². The number of para-hydroxylation sites is 2. The minimum atomic E-state index is -4.77. The van der Waals surface area contributed by atoms with E-state index >= 15 is 0 Å². The van der Waals surface area contributed by atoms with Crippen LogP contribution in [0.2, 0.25) is 0 Å². The molecule has 2 aromatic carbocycles. The normalized spacial score (nSPS) is 21.6. The molecule has 11 heteroatoms. The van der Waals surface area contributed by atoms with Crippen LogP contribution < -0.4 is 9.62 Å². The van der Waals surface area contributed by atoms with Gasteiger partial charge in [-0.1, -0.05) is 37.3 Å². The Bertz CT molecular complexity index is 1280. The van der Waals surface area contributed by atoms with Gasteiger partial charge in [0.1, 0.15) is 0 Å². The number of sulfonamides is 1. The Labute approximate surface area is 214 Å². The van der Waals surface area contributed by atoms with Gasteiger partial charge in [-0.3, -0.25) is 4.72 Å². The van der Waals surface area contributed by atoms with Gasteiger partial charge in [0.05, 0.1) is 22.9 Å². The van der Waals surface area contributed by atoms with Crippen molar-refractivity contribution in [1.29, 1.82) is 0 Å². The molecule has 0 radical (unpaired) electrons. The maximum atomic E-state index is 14.0. The smallest absolute Gasteiger partial charge is 0.384 e. The quantitative estimate of drug-likeness (QED) is 0.470. The highest BCUT2D eigenvalue weighted by Crippen LogP contribution is 2.45. The lowest BCUT2D eigenvalue weighted by atomic mass is 9.81. The van der Waals surface area contributed by atoms with Gasteiger partial charge < -0.3 is 9.64 Å². The molecule has 0 aliphatic carbocycles. The number of anilines is 2. The molecule has 0 saturated carbocycles. The lowest BCUT2D eigenvalue weighted by Gasteiger charge is -2.40. The first kappa shape index (κ1) is 26.9. The van der Waals surface area contributed by atoms with E-state index in [0.717, 1.165) is 68.2 Å². The number of piperidine rings is 1. The van der Waals surface area contributed by atoms with Crippen LogP contribution in [0.1, 0.15) is 25.3 Å². The molecule has 2 aliphatic rings. The summed E-state index contributed by atoms with van der Waals surface area (Å²) >= 11 is 0. The van der Waals surface area contributed by atoms with Crippen molar-refractivity contribution in [3.05, 3.63) is 78.5 Å². The summed E-state index contributed by atoms with van der Waals surface area (Å²) in [6.07, 6.45) is 1.63. The maximum absolute atomic E-state index is 14.0. The summed E-state index contributed by atoms with van der Waals surface area (Å²) in [5, 5.41) is 6.98. The summed E-state index contributed by atoms with van der Waals surface area (Å²) in [6, 6.07) is 11.6. The molecule has 2 heterocycles. The molecule has 0 aromatic heterocycles. The predicted octanol–water partition coefficient (Wildman–Crippen LogP) is 6.03. The number of ether oxygens (including phenoxy) is 1. The second-order valence-electron chi connectivity index (χ2n) is 9.56. The van der Waals surface area contributed by atoms with E-state index in [2.05, 4.69) is 26.8 Å². The van der Waals surface area contributed by atoms with Crippen LogP contribution >= 0.6 is 0 Å². The van der Waals surface area contributed by atoms with Crippen LogP contribution in [0, 0.1) is 5.41 Å². The molecule has 1 saturated heterocycles. The fourth-order valence-corrected chi connectivity index (χ4v) is 5.69. The standard InChI is InChI=1S/C26H29F3N4O3S/c1-24(19-36-2)14-17-33(18-15-24)23-8-4-3-7-22(23)31-37(34,35)21-11-9-20(10-12-21)25(26(27,28)29)13-5-6-16-30-32-25/h3-13,16,31H,14-15,17-19H2,1-2H3. The summed E-state index contributed by atoms with van der Waals surface area (Å²) in [7, 11) is -2.39. The fraction of sp³-hybridized carbons (Fsp3) is 0.385. The number of allylic oxidation sites excluding steroid dienone is 2. The topological polar surface area (TPSA) is 83.4 Å². The van der Waals surface area contributed by atoms with Gasteiger partial charge in [0, 0.05) is 26.4 Å². The number of alkyl halides is 3. The second kappa shape index (κ2) is 10.3. The molecule has 1 fully saturated rings. The molecule has 2 aliphatic heterocycles. The zero-order valence-electron chi connectivity index (χ0n) is 20.6. The Morgan fingerprint density at radius 1 is 1.05 bits per heavy atom. The number of methoxy groups -OCH3 is 1. The zero-order valence-corrected chi connectivity index (χ0v) is 21.4. The third-order valence-corrected chi connectivity index (χ3v) is 8.19. The van der Waals surface area contributed by atoms with E-state index in [1.165, 1.54) is 12.2 Å². The number of nitrogens with one attached hydrogen (secondary N) is 1. The number of nitrogens with zero attached hydrogens (tertiary/aromatic N) is 3. The summed E-state index contributed by atoms with van der Waals surface area (Å²) in [5.41, 5.74) is -1.73. The number of rotatable bonds is 7. The van der Waals surface area contributed by atoms with Crippen LogP contribution in [-0.4, -0.2) is 41.4 Å². The second-order valence-corrected chi connectivity index (χ2v) is 11.2. The van der Waals surface area contributed by atoms with Crippen LogP contribution in [-0.2, 0) is 20.3 Å². The first-order valence-electron chi connectivity index (χ1n) is 11.8. The van der Waals surface area contributed by atoms with Crippen LogP contribution in [0.4, 0.5) is 24.5 Å². The molecule has 4 rings (SSSR count). The van der Waals surface area contributed by atoms with Crippen molar-refractivity contribution < 1.29 is 26.3 Å². The first-order valence-corrected chi connectivity index (χ1v) is 13.3. The lowest BCUT2D eigenvalue weighted by molar-refractivity contribution is -0.175. The SMILES string of the molecule is COCC1(C)CCN(c2ccccc2NS(=O)(=O)c2ccc(C3(C(F)(F)F)C=CC=CN=N3)cc2)CC1. The molecule has 0 bridgehead atoms. The largest absolute Gasteiger partial charge is 0.423 e. The van der Waals surface area contributed by atoms with Gasteiger partial charge in [-0.2, -0.15) is 23.4 Å². The highest BCUT2D eigenvalue weighted by atomic mass is 32.2. The van der Waals surface area contributed by atoms with Crippen molar-refractivity contribution in [2.45, 2.75) is 36.4 Å². The minimum absolute atomic E-state index is 0.0669. The molecule has 1 unspecified atom stereocenters. The third kappa shape index (κ3) is 5.57. The Morgan fingerprint density at radius 2 is 1.73 bits per heavy atom. The highest BCUT2D eigenvalue weighted by molar-refractivity contribution is 7.92. The molecular weight excluding hydrogens is 505 g/mol. The summed E-state index contributed by atoms with van der Waals surface area (Å²) in [5.74, 6) is 0. The van der Waals surface area contributed by atoms with Crippen LogP contribution in [0.15, 0.2) is 88.1 Å². The lowest BCUT2D eigenvalue weighted by Crippen LogP contribution is -2.41. The van der Waals surface area contributed by atoms with Gasteiger partial charge in [-0.05, 0) is 60.2 Å². The summed E-state index contributed by atoms with van der Waals surface area (Å²) < 4.78 is 76.4. The van der Waals surface area contributed by atoms with Crippen molar-refractivity contribution in [2.75, 3.05) is 36.4 Å². The minimum Gasteiger partial charge on any atom is -0.384 e. The molecule has 7 nitrogen and oxygen atoms in total. The molecular formula is C26H29F3N4O3S. The molecule has 0 spiro atoms. The number of hydrogen-bond donors (Lipinski definition) is 1. The zero-order chi connectivity index (χ0) is 26.7. The number of benzene rings is 2. The molecule has 0 amide bonds. The number of azo groups is 1. The maximum Gasteiger partial charge on any atom is 0.423 e. The molecule has 1 atom stereocenters. The Hall–Kier alpha value is -3.18. The van der Waals surface area contributed by atoms with Gasteiger partial charge in [0.15, 0.2) is 0 Å². The Morgan fingerprint density at radius 3 is 2.38 bits per heavy atom. The van der Waals surface area contributed by atoms with Crippen LogP contribution in [0.3, 0.4) is 0 Å². The van der Waals surface area contributed by atoms with E-state index in [1.54, 1.807) is 19.2 Å². The van der Waals surface area contributed by atoms with Gasteiger partial charge in [-0.15, -0.1) is 0 Å². The van der Waals surface area contributed by atoms with E-state index in [-0.39, 0.29) is 15.9 Å². The van der Waals surface area contributed by atoms with Crippen LogP contribution in [0.25, 0.3) is 0 Å². The van der Waals surface area contributed by atoms with Crippen molar-refractivity contribution in [1.82, 2.24) is 0 Å². The van der Waals surface area contributed by atoms with Crippen LogP contribution in [0.5, 0.6) is 0 Å². The molecule has 1 N–H and O–H groups in total. The van der Waals surface area contributed by atoms with Gasteiger partial charge >= 0.3 is 6.18 Å². The first-order chi connectivity index (χ1) is 17.5. The van der Waals surface area contributed by atoms with E-state index in [4.69, 9.17) is 4.74 Å². The summed E-state index contributed by atoms with van der Waals surface area (Å²) in [6.45, 7) is 4.32. The van der Waals surface area contributed by atoms with Crippen molar-refractivity contribution in [3.63, 3.8) is 0 Å². The molecule has 37 heavy (non-hydrogen) atoms. The monoisotopic (exact) mass is 534 g/mol. The third-order valence-electron chi connectivity index (χ3n) is 6.81. The average Bonchev–Trinajstić information content (AvgIpc) is 3.12. The summed E-state index contributed by atoms with van der Waals surface area (Å²) in [4.78, 5) is 1.96. The van der Waals surface area contributed by atoms with Crippen molar-refractivity contribution >= 4 is 21.4 Å². The van der Waals surface area contributed by atoms with Gasteiger partial charge in [-0.25, -0.2) is 8.42 Å². The van der Waals surface area contributed by atoms with E-state index in [1.807, 2.05) is 12.1 Å². The highest BCUT2D eigenvalue weighted by Gasteiger charge is 2.55. The van der Waals surface area contributed by atoms with E-state index in [0.29, 0.717) is 12.3 Å². The number of hydrogen-bond acceptors (Lipinski definition) is 6. The van der Waals surface area contributed by atoms with Gasteiger partial charge in [0.25, 0.3) is 10.0 Å². The Balaban J connectivity index is 1.57.